The molecule has 122 valence electrons. The van der Waals surface area contributed by atoms with Gasteiger partial charge in [-0.15, -0.1) is 0 Å². The first-order chi connectivity index (χ1) is 10.3. The van der Waals surface area contributed by atoms with Crippen molar-refractivity contribution in [3.63, 3.8) is 0 Å². The molecular formula is C13H17F3N4O2. The molecule has 2 rings (SSSR count). The fraction of sp³-hybridized carbons (Fsp3) is 0.615. The number of alkyl halides is 3. The Kier molecular flexibility index (Phi) is 4.72. The summed E-state index contributed by atoms with van der Waals surface area (Å²) in [6.07, 6.45) is -2.13. The summed E-state index contributed by atoms with van der Waals surface area (Å²) in [5, 5.41) is 5.28. The van der Waals surface area contributed by atoms with Crippen LogP contribution in [0.25, 0.3) is 0 Å². The van der Waals surface area contributed by atoms with Gasteiger partial charge in [-0.25, -0.2) is 0 Å². The summed E-state index contributed by atoms with van der Waals surface area (Å²) in [5.74, 6) is -0.799. The van der Waals surface area contributed by atoms with Crippen LogP contribution in [0.3, 0.4) is 0 Å². The highest BCUT2D eigenvalue weighted by atomic mass is 19.4. The smallest absolute Gasteiger partial charge is 0.370 e. The van der Waals surface area contributed by atoms with Crippen LogP contribution in [-0.2, 0) is 11.0 Å². The average molecular weight is 318 g/mol. The van der Waals surface area contributed by atoms with Crippen LogP contribution in [0.4, 0.5) is 13.2 Å². The van der Waals surface area contributed by atoms with Gasteiger partial charge in [0.05, 0.1) is 0 Å². The molecule has 9 heteroatoms. The quantitative estimate of drug-likeness (QED) is 0.882. The number of rotatable bonds is 4. The number of carbonyl (C=O) groups is 2. The number of H-pyrrole nitrogens is 1. The van der Waals surface area contributed by atoms with Gasteiger partial charge < -0.3 is 10.6 Å². The second-order valence-corrected chi connectivity index (χ2v) is 5.43. The molecule has 2 heterocycles. The van der Waals surface area contributed by atoms with Crippen molar-refractivity contribution in [2.24, 2.45) is 11.7 Å². The van der Waals surface area contributed by atoms with Crippen molar-refractivity contribution in [1.29, 1.82) is 0 Å². The molecular weight excluding hydrogens is 301 g/mol. The molecule has 0 spiro atoms. The van der Waals surface area contributed by atoms with Crippen LogP contribution >= 0.6 is 0 Å². The molecule has 3 N–H and O–H groups in total. The Bertz CT molecular complexity index is 556. The number of halogens is 3. The second kappa shape index (κ2) is 6.37. The van der Waals surface area contributed by atoms with Crippen LogP contribution in [0.1, 0.15) is 41.9 Å². The molecule has 1 aliphatic rings. The number of carbonyl (C=O) groups excluding carboxylic acids is 2. The number of likely N-dealkylation sites (tertiary alicyclic amines) is 1. The van der Waals surface area contributed by atoms with E-state index in [-0.39, 0.29) is 18.0 Å². The molecule has 0 aromatic carbocycles. The maximum atomic E-state index is 12.5. The maximum absolute atomic E-state index is 12.5. The Morgan fingerprint density at radius 2 is 2.18 bits per heavy atom. The molecule has 22 heavy (non-hydrogen) atoms. The number of amides is 2. The van der Waals surface area contributed by atoms with Crippen molar-refractivity contribution in [2.75, 3.05) is 13.1 Å². The van der Waals surface area contributed by atoms with Gasteiger partial charge in [0.15, 0.2) is 5.69 Å². The van der Waals surface area contributed by atoms with Gasteiger partial charge in [-0.1, -0.05) is 0 Å². The van der Waals surface area contributed by atoms with Gasteiger partial charge in [-0.2, -0.15) is 18.3 Å². The monoisotopic (exact) mass is 318 g/mol. The topological polar surface area (TPSA) is 92.1 Å². The maximum Gasteiger partial charge on any atom is 0.432 e. The van der Waals surface area contributed by atoms with E-state index in [2.05, 4.69) is 5.10 Å². The predicted octanol–water partition coefficient (Wildman–Crippen LogP) is 1.55. The molecule has 0 aliphatic carbocycles. The van der Waals surface area contributed by atoms with Crippen LogP contribution in [0.2, 0.25) is 0 Å². The van der Waals surface area contributed by atoms with Crippen molar-refractivity contribution in [1.82, 2.24) is 15.1 Å². The molecule has 1 saturated heterocycles. The van der Waals surface area contributed by atoms with Gasteiger partial charge in [0.25, 0.3) is 5.91 Å². The lowest BCUT2D eigenvalue weighted by atomic mass is 9.93. The number of hydrogen-bond acceptors (Lipinski definition) is 3. The van der Waals surface area contributed by atoms with Crippen molar-refractivity contribution >= 4 is 11.8 Å². The summed E-state index contributed by atoms with van der Waals surface area (Å²) in [4.78, 5) is 24.5. The molecule has 0 saturated carbocycles. The Balaban J connectivity index is 1.99. The van der Waals surface area contributed by atoms with Crippen LogP contribution in [0, 0.1) is 5.92 Å². The fourth-order valence-corrected chi connectivity index (χ4v) is 2.57. The summed E-state index contributed by atoms with van der Waals surface area (Å²) in [5.41, 5.74) is 3.81. The van der Waals surface area contributed by atoms with E-state index >= 15 is 0 Å². The van der Waals surface area contributed by atoms with Gasteiger partial charge in [-0.05, 0) is 25.2 Å². The largest absolute Gasteiger partial charge is 0.432 e. The van der Waals surface area contributed by atoms with Gasteiger partial charge in [-0.3, -0.25) is 14.7 Å². The molecule has 1 atom stereocenters. The van der Waals surface area contributed by atoms with Gasteiger partial charge >= 0.3 is 6.18 Å². The van der Waals surface area contributed by atoms with Crippen molar-refractivity contribution < 1.29 is 22.8 Å². The standard InChI is InChI=1S/C13H17F3N4O2/c14-13(15,16)10-6-9(18-19-10)12(22)20-5-1-2-8(7-20)3-4-11(17)21/h6,8H,1-5,7H2,(H2,17,21)(H,18,19)/t8-/m1/s1. The molecule has 0 unspecified atom stereocenters. The lowest BCUT2D eigenvalue weighted by molar-refractivity contribution is -0.141. The first kappa shape index (κ1) is 16.3. The molecule has 0 bridgehead atoms. The van der Waals surface area contributed by atoms with Crippen LogP contribution in [0.5, 0.6) is 0 Å². The minimum absolute atomic E-state index is 0.131. The highest BCUT2D eigenvalue weighted by molar-refractivity contribution is 5.92. The predicted molar refractivity (Wildman–Crippen MR) is 70.6 cm³/mol. The van der Waals surface area contributed by atoms with Crippen LogP contribution in [-0.4, -0.2) is 40.0 Å². The molecule has 0 radical (unpaired) electrons. The summed E-state index contributed by atoms with van der Waals surface area (Å²) >= 11 is 0. The number of nitrogens with one attached hydrogen (secondary N) is 1. The van der Waals surface area contributed by atoms with E-state index < -0.39 is 23.7 Å². The minimum Gasteiger partial charge on any atom is -0.370 e. The minimum atomic E-state index is -4.56. The van der Waals surface area contributed by atoms with E-state index in [1.165, 1.54) is 4.90 Å². The number of nitrogens with zero attached hydrogens (tertiary/aromatic N) is 2. The number of hydrogen-bond donors (Lipinski definition) is 2. The lowest BCUT2D eigenvalue weighted by Crippen LogP contribution is -2.40. The average Bonchev–Trinajstić information content (AvgIpc) is 2.94. The van der Waals surface area contributed by atoms with Gasteiger partial charge in [0, 0.05) is 25.6 Å². The van der Waals surface area contributed by atoms with E-state index in [0.717, 1.165) is 18.9 Å². The third-order valence-corrected chi connectivity index (χ3v) is 3.71. The summed E-state index contributed by atoms with van der Waals surface area (Å²) < 4.78 is 37.5. The third kappa shape index (κ3) is 3.99. The zero-order chi connectivity index (χ0) is 16.3. The van der Waals surface area contributed by atoms with E-state index in [1.807, 2.05) is 5.10 Å². The van der Waals surface area contributed by atoms with Crippen LogP contribution < -0.4 is 5.73 Å². The highest BCUT2D eigenvalue weighted by Gasteiger charge is 2.35. The Morgan fingerprint density at radius 1 is 1.45 bits per heavy atom. The van der Waals surface area contributed by atoms with Crippen molar-refractivity contribution in [3.8, 4) is 0 Å². The van der Waals surface area contributed by atoms with Crippen molar-refractivity contribution in [2.45, 2.75) is 31.9 Å². The SMILES string of the molecule is NC(=O)CC[C@H]1CCCN(C(=O)c2cc(C(F)(F)F)[nH]n2)C1. The number of piperidine rings is 1. The summed E-state index contributed by atoms with van der Waals surface area (Å²) in [6.45, 7) is 0.875. The summed E-state index contributed by atoms with van der Waals surface area (Å²) in [6, 6.07) is 0.718. The second-order valence-electron chi connectivity index (χ2n) is 5.43. The molecule has 2 amide bonds. The molecule has 6 nitrogen and oxygen atoms in total. The summed E-state index contributed by atoms with van der Waals surface area (Å²) in [7, 11) is 0. The Morgan fingerprint density at radius 3 is 2.77 bits per heavy atom. The third-order valence-electron chi connectivity index (χ3n) is 3.71. The molecule has 1 fully saturated rings. The number of nitrogens with two attached hydrogens (primary N) is 1. The molecule has 1 aromatic heterocycles. The van der Waals surface area contributed by atoms with E-state index in [4.69, 9.17) is 5.73 Å². The van der Waals surface area contributed by atoms with E-state index in [9.17, 15) is 22.8 Å². The normalized spacial score (nSPS) is 19.2. The molecule has 1 aromatic rings. The number of primary amides is 1. The van der Waals surface area contributed by atoms with Crippen molar-refractivity contribution in [3.05, 3.63) is 17.5 Å². The first-order valence-corrected chi connectivity index (χ1v) is 6.97. The molecule has 1 aliphatic heterocycles. The van der Waals surface area contributed by atoms with E-state index in [1.54, 1.807) is 0 Å². The van der Waals surface area contributed by atoms with E-state index in [0.29, 0.717) is 19.5 Å². The number of aromatic nitrogens is 2. The Hall–Kier alpha value is -2.06. The number of aromatic amines is 1. The Labute approximate surface area is 124 Å². The zero-order valence-electron chi connectivity index (χ0n) is 11.8. The van der Waals surface area contributed by atoms with Gasteiger partial charge in [0.2, 0.25) is 5.91 Å². The van der Waals surface area contributed by atoms with Crippen LogP contribution in [0.15, 0.2) is 6.07 Å². The first-order valence-electron chi connectivity index (χ1n) is 6.97. The lowest BCUT2D eigenvalue weighted by Gasteiger charge is -2.32. The highest BCUT2D eigenvalue weighted by Crippen LogP contribution is 2.28. The fourth-order valence-electron chi connectivity index (χ4n) is 2.57. The zero-order valence-corrected chi connectivity index (χ0v) is 11.8. The van der Waals surface area contributed by atoms with Gasteiger partial charge in [0.1, 0.15) is 5.69 Å².